The van der Waals surface area contributed by atoms with E-state index < -0.39 is 0 Å². The van der Waals surface area contributed by atoms with E-state index in [2.05, 4.69) is 31.8 Å². The minimum Gasteiger partial charge on any atom is -0.338 e. The lowest BCUT2D eigenvalue weighted by Crippen LogP contribution is -2.46. The molecular formula is C21H23N7OS. The number of thiazole rings is 1. The van der Waals surface area contributed by atoms with E-state index >= 15 is 0 Å². The molecule has 1 aromatic carbocycles. The zero-order chi connectivity index (χ0) is 20.7. The molecule has 30 heavy (non-hydrogen) atoms. The van der Waals surface area contributed by atoms with Crippen molar-refractivity contribution in [2.45, 2.75) is 13.8 Å². The van der Waals surface area contributed by atoms with Gasteiger partial charge in [0, 0.05) is 44.0 Å². The van der Waals surface area contributed by atoms with Crippen LogP contribution < -0.4 is 10.5 Å². The number of aromatic nitrogens is 5. The number of nitrogens with one attached hydrogen (secondary N) is 1. The summed E-state index contributed by atoms with van der Waals surface area (Å²) in [5, 5.41) is 3.80. The first kappa shape index (κ1) is 19.0. The maximum atomic E-state index is 12.6. The van der Waals surface area contributed by atoms with E-state index in [1.54, 1.807) is 12.3 Å². The lowest BCUT2D eigenvalue weighted by atomic mass is 10.2. The highest BCUT2D eigenvalue weighted by molar-refractivity contribution is 7.20. The Hall–Kier alpha value is -3.04. The molecule has 1 aliphatic rings. The van der Waals surface area contributed by atoms with Crippen LogP contribution in [0.3, 0.4) is 0 Å². The molecule has 5 rings (SSSR count). The molecule has 0 radical (unpaired) electrons. The molecule has 0 aliphatic carbocycles. The summed E-state index contributed by atoms with van der Waals surface area (Å²) in [6, 6.07) is 9.44. The Balaban J connectivity index is 1.43. The van der Waals surface area contributed by atoms with Crippen LogP contribution in [0.1, 0.15) is 12.6 Å². The van der Waals surface area contributed by atoms with Crippen molar-refractivity contribution in [2.24, 2.45) is 0 Å². The van der Waals surface area contributed by atoms with Crippen molar-refractivity contribution < 1.29 is 0 Å². The average molecular weight is 422 g/mol. The van der Waals surface area contributed by atoms with Gasteiger partial charge in [-0.25, -0.2) is 15.0 Å². The van der Waals surface area contributed by atoms with E-state index in [9.17, 15) is 4.79 Å². The van der Waals surface area contributed by atoms with Crippen molar-refractivity contribution in [3.63, 3.8) is 0 Å². The van der Waals surface area contributed by atoms with Crippen LogP contribution in [0, 0.1) is 6.92 Å². The third-order valence-corrected chi connectivity index (χ3v) is 6.58. The van der Waals surface area contributed by atoms with E-state index in [4.69, 9.17) is 4.98 Å². The van der Waals surface area contributed by atoms with Gasteiger partial charge in [0.25, 0.3) is 5.56 Å². The van der Waals surface area contributed by atoms with Crippen LogP contribution in [0.2, 0.25) is 0 Å². The predicted molar refractivity (Wildman–Crippen MR) is 120 cm³/mol. The van der Waals surface area contributed by atoms with Gasteiger partial charge in [0.05, 0.1) is 21.6 Å². The molecule has 1 fully saturated rings. The number of H-pyrrole nitrogens is 1. The van der Waals surface area contributed by atoms with Crippen LogP contribution in [0.25, 0.3) is 26.6 Å². The Morgan fingerprint density at radius 3 is 2.67 bits per heavy atom. The summed E-state index contributed by atoms with van der Waals surface area (Å²) < 4.78 is 2.53. The first-order valence-corrected chi connectivity index (χ1v) is 10.9. The van der Waals surface area contributed by atoms with Gasteiger partial charge in [0.2, 0.25) is 11.1 Å². The Bertz CT molecular complexity index is 1220. The van der Waals surface area contributed by atoms with Crippen LogP contribution in [0.5, 0.6) is 0 Å². The third kappa shape index (κ3) is 3.40. The van der Waals surface area contributed by atoms with Crippen LogP contribution in [0.4, 0.5) is 5.95 Å². The fourth-order valence-electron chi connectivity index (χ4n) is 3.77. The van der Waals surface area contributed by atoms with Gasteiger partial charge < -0.3 is 9.80 Å². The zero-order valence-corrected chi connectivity index (χ0v) is 17.8. The van der Waals surface area contributed by atoms with Crippen molar-refractivity contribution >= 4 is 27.5 Å². The lowest BCUT2D eigenvalue weighted by molar-refractivity contribution is 0.270. The summed E-state index contributed by atoms with van der Waals surface area (Å²) in [6.07, 6.45) is 1.80. The van der Waals surface area contributed by atoms with Gasteiger partial charge in [-0.3, -0.25) is 9.89 Å². The molecule has 9 heteroatoms. The number of piperazine rings is 1. The number of nitrogens with zero attached hydrogens (tertiary/aromatic N) is 6. The predicted octanol–water partition coefficient (Wildman–Crippen LogP) is 2.68. The second-order valence-electron chi connectivity index (χ2n) is 7.40. The maximum Gasteiger partial charge on any atom is 0.273 e. The number of para-hydroxylation sites is 1. The van der Waals surface area contributed by atoms with E-state index in [-0.39, 0.29) is 5.56 Å². The molecule has 0 bridgehead atoms. The van der Waals surface area contributed by atoms with Crippen LogP contribution >= 0.6 is 11.3 Å². The van der Waals surface area contributed by atoms with Crippen LogP contribution in [-0.4, -0.2) is 62.4 Å². The molecule has 0 unspecified atom stereocenters. The molecule has 1 aliphatic heterocycles. The fourth-order valence-corrected chi connectivity index (χ4v) is 4.70. The van der Waals surface area contributed by atoms with Gasteiger partial charge in [-0.15, -0.1) is 0 Å². The van der Waals surface area contributed by atoms with Crippen molar-refractivity contribution in [1.29, 1.82) is 0 Å². The van der Waals surface area contributed by atoms with Gasteiger partial charge in [-0.2, -0.15) is 4.68 Å². The normalized spacial score (nSPS) is 15.2. The molecule has 0 amide bonds. The fraction of sp³-hybridized carbons (Fsp3) is 0.333. The van der Waals surface area contributed by atoms with Crippen molar-refractivity contribution in [3.8, 4) is 16.4 Å². The molecule has 154 valence electrons. The summed E-state index contributed by atoms with van der Waals surface area (Å²) in [6.45, 7) is 9.13. The van der Waals surface area contributed by atoms with Gasteiger partial charge >= 0.3 is 0 Å². The molecule has 8 nitrogen and oxygen atoms in total. The highest BCUT2D eigenvalue weighted by Crippen LogP contribution is 2.25. The first-order valence-electron chi connectivity index (χ1n) is 10.1. The SMILES string of the molecule is CCN1CCN(c2ncc(-c3cc(=O)n(-c4nc5ccccc5s4)[nH]3)c(C)n2)CC1. The Kier molecular flexibility index (Phi) is 4.84. The zero-order valence-electron chi connectivity index (χ0n) is 17.0. The maximum absolute atomic E-state index is 12.6. The lowest BCUT2D eigenvalue weighted by Gasteiger charge is -2.34. The van der Waals surface area contributed by atoms with E-state index in [0.29, 0.717) is 10.8 Å². The summed E-state index contributed by atoms with van der Waals surface area (Å²) in [4.78, 5) is 31.1. The van der Waals surface area contributed by atoms with E-state index in [1.807, 2.05) is 31.2 Å². The summed E-state index contributed by atoms with van der Waals surface area (Å²) in [7, 11) is 0. The molecule has 1 saturated heterocycles. The molecule has 0 spiro atoms. The van der Waals surface area contributed by atoms with Crippen molar-refractivity contribution in [2.75, 3.05) is 37.6 Å². The number of anilines is 1. The first-order chi connectivity index (χ1) is 14.6. The Morgan fingerprint density at radius 1 is 1.13 bits per heavy atom. The smallest absolute Gasteiger partial charge is 0.273 e. The van der Waals surface area contributed by atoms with E-state index in [1.165, 1.54) is 16.0 Å². The highest BCUT2D eigenvalue weighted by atomic mass is 32.1. The number of fused-ring (bicyclic) bond motifs is 1. The molecule has 3 aromatic heterocycles. The van der Waals surface area contributed by atoms with Crippen molar-refractivity contribution in [1.82, 2.24) is 29.6 Å². The van der Waals surface area contributed by atoms with Crippen LogP contribution in [0.15, 0.2) is 41.3 Å². The molecular weight excluding hydrogens is 398 g/mol. The standard InChI is InChI=1S/C21H23N7OS/c1-3-26-8-10-27(11-9-26)20-22-13-15(14(2)23-20)17-12-19(29)28(25-17)21-24-16-6-4-5-7-18(16)30-21/h4-7,12-13,25H,3,8-11H2,1-2H3. The molecule has 1 N–H and O–H groups in total. The largest absolute Gasteiger partial charge is 0.338 e. The Labute approximate surface area is 177 Å². The van der Waals surface area contributed by atoms with Crippen molar-refractivity contribution in [3.05, 3.63) is 52.6 Å². The number of rotatable bonds is 4. The second kappa shape index (κ2) is 7.66. The highest BCUT2D eigenvalue weighted by Gasteiger charge is 2.19. The van der Waals surface area contributed by atoms with Gasteiger partial charge in [-0.1, -0.05) is 30.4 Å². The summed E-state index contributed by atoms with van der Waals surface area (Å²) in [5.74, 6) is 0.750. The van der Waals surface area contributed by atoms with E-state index in [0.717, 1.165) is 60.1 Å². The minimum absolute atomic E-state index is 0.150. The monoisotopic (exact) mass is 421 g/mol. The van der Waals surface area contributed by atoms with Crippen LogP contribution in [-0.2, 0) is 0 Å². The summed E-state index contributed by atoms with van der Waals surface area (Å²) >= 11 is 1.48. The Morgan fingerprint density at radius 2 is 1.93 bits per heavy atom. The minimum atomic E-state index is -0.150. The van der Waals surface area contributed by atoms with Gasteiger partial charge in [-0.05, 0) is 25.6 Å². The topological polar surface area (TPSA) is 82.9 Å². The quantitative estimate of drug-likeness (QED) is 0.546. The number of hydrogen-bond acceptors (Lipinski definition) is 7. The van der Waals surface area contributed by atoms with Gasteiger partial charge in [0.15, 0.2) is 0 Å². The third-order valence-electron chi connectivity index (χ3n) is 5.55. The molecule has 0 saturated carbocycles. The molecule has 4 aromatic rings. The summed E-state index contributed by atoms with van der Waals surface area (Å²) in [5.41, 5.74) is 3.09. The number of hydrogen-bond donors (Lipinski definition) is 1. The number of aryl methyl sites for hydroxylation is 1. The van der Waals surface area contributed by atoms with Gasteiger partial charge in [0.1, 0.15) is 0 Å². The second-order valence-corrected chi connectivity index (χ2v) is 8.41. The number of likely N-dealkylation sites (N-methyl/N-ethyl adjacent to an activating group) is 1. The number of benzene rings is 1. The molecule has 0 atom stereocenters. The number of aromatic amines is 1. The average Bonchev–Trinajstić information content (AvgIpc) is 3.37. The molecule has 4 heterocycles.